The van der Waals surface area contributed by atoms with E-state index >= 15 is 0 Å². The minimum absolute atomic E-state index is 0.00192. The molecule has 5 rings (SSSR count). The Kier molecular flexibility index (Phi) is 5.71. The third kappa shape index (κ3) is 4.34. The van der Waals surface area contributed by atoms with Crippen LogP contribution in [0.3, 0.4) is 0 Å². The maximum Gasteiger partial charge on any atom is 0.407 e. The zero-order chi connectivity index (χ0) is 23.7. The van der Waals surface area contributed by atoms with E-state index in [4.69, 9.17) is 9.84 Å². The summed E-state index contributed by atoms with van der Waals surface area (Å²) in [6.07, 6.45) is 2.75. The number of carbonyl (C=O) groups is 3. The molecule has 1 saturated carbocycles. The van der Waals surface area contributed by atoms with Crippen molar-refractivity contribution in [2.75, 3.05) is 18.5 Å². The molecule has 2 aliphatic rings. The highest BCUT2D eigenvalue weighted by molar-refractivity contribution is 5.96. The fraction of sp³-hybridized carbons (Fsp3) is 0.231. The third-order valence-electron chi connectivity index (χ3n) is 6.36. The van der Waals surface area contributed by atoms with E-state index in [1.165, 1.54) is 29.6 Å². The van der Waals surface area contributed by atoms with Gasteiger partial charge < -0.3 is 20.5 Å². The van der Waals surface area contributed by atoms with Crippen molar-refractivity contribution in [3.05, 3.63) is 83.7 Å². The highest BCUT2D eigenvalue weighted by Crippen LogP contribution is 2.44. The Morgan fingerprint density at radius 1 is 1.00 bits per heavy atom. The van der Waals surface area contributed by atoms with E-state index in [-0.39, 0.29) is 35.8 Å². The second-order valence-corrected chi connectivity index (χ2v) is 8.57. The van der Waals surface area contributed by atoms with Gasteiger partial charge in [0.2, 0.25) is 5.91 Å². The summed E-state index contributed by atoms with van der Waals surface area (Å²) in [6, 6.07) is 17.7. The van der Waals surface area contributed by atoms with Crippen molar-refractivity contribution in [2.24, 2.45) is 11.8 Å². The Morgan fingerprint density at radius 3 is 2.35 bits per heavy atom. The fourth-order valence-corrected chi connectivity index (χ4v) is 4.52. The van der Waals surface area contributed by atoms with Gasteiger partial charge in [0.15, 0.2) is 0 Å². The molecule has 3 N–H and O–H groups in total. The van der Waals surface area contributed by atoms with Gasteiger partial charge in [-0.15, -0.1) is 0 Å². The number of anilines is 1. The number of benzene rings is 2. The number of nitrogens with zero attached hydrogens (tertiary/aromatic N) is 1. The lowest BCUT2D eigenvalue weighted by atomic mass is 9.98. The largest absolute Gasteiger partial charge is 0.478 e. The van der Waals surface area contributed by atoms with Crippen LogP contribution in [0.2, 0.25) is 0 Å². The first-order valence-corrected chi connectivity index (χ1v) is 11.1. The summed E-state index contributed by atoms with van der Waals surface area (Å²) < 4.78 is 5.53. The van der Waals surface area contributed by atoms with Crippen LogP contribution < -0.4 is 10.6 Å². The van der Waals surface area contributed by atoms with Crippen molar-refractivity contribution >= 4 is 23.7 Å². The molecule has 2 amide bonds. The maximum atomic E-state index is 12.4. The number of alkyl carbamates (subject to hydrolysis) is 1. The lowest BCUT2D eigenvalue weighted by molar-refractivity contribution is -0.117. The highest BCUT2D eigenvalue weighted by Gasteiger charge is 2.43. The molecule has 2 unspecified atom stereocenters. The molecule has 34 heavy (non-hydrogen) atoms. The van der Waals surface area contributed by atoms with E-state index in [0.717, 1.165) is 11.1 Å². The van der Waals surface area contributed by atoms with Crippen molar-refractivity contribution in [2.45, 2.75) is 12.3 Å². The number of pyridine rings is 1. The number of hydrogen-bond acceptors (Lipinski definition) is 5. The Bertz CT molecular complexity index is 1230. The first-order chi connectivity index (χ1) is 16.5. The topological polar surface area (TPSA) is 118 Å². The Labute approximate surface area is 196 Å². The number of aromatic nitrogens is 1. The van der Waals surface area contributed by atoms with Gasteiger partial charge >= 0.3 is 12.1 Å². The molecule has 0 radical (unpaired) electrons. The van der Waals surface area contributed by atoms with Gasteiger partial charge in [0, 0.05) is 24.6 Å². The molecule has 2 aliphatic carbocycles. The minimum atomic E-state index is -1.11. The third-order valence-corrected chi connectivity index (χ3v) is 6.36. The summed E-state index contributed by atoms with van der Waals surface area (Å²) in [4.78, 5) is 39.6. The average molecular weight is 457 g/mol. The van der Waals surface area contributed by atoms with Crippen LogP contribution in [0.4, 0.5) is 10.5 Å². The standard InChI is InChI=1S/C26H23N3O5/c30-24(29-17-9-16(25(31)32)11-27-13-17)22-10-15(22)12-28-26(33)34-14-23-20-7-3-1-5-18(20)19-6-2-4-8-21(19)23/h1-9,11,13,15,22-23H,10,12,14H2,(H,28,33)(H,29,30)(H,31,32). The molecule has 0 saturated heterocycles. The molecule has 2 aromatic carbocycles. The summed E-state index contributed by atoms with van der Waals surface area (Å²) in [6.45, 7) is 0.573. The summed E-state index contributed by atoms with van der Waals surface area (Å²) in [7, 11) is 0. The normalized spacial score (nSPS) is 17.9. The van der Waals surface area contributed by atoms with E-state index in [0.29, 0.717) is 18.7 Å². The predicted octanol–water partition coefficient (Wildman–Crippen LogP) is 3.89. The van der Waals surface area contributed by atoms with Gasteiger partial charge in [0.25, 0.3) is 0 Å². The second kappa shape index (κ2) is 8.97. The zero-order valence-electron chi connectivity index (χ0n) is 18.2. The maximum absolute atomic E-state index is 12.4. The van der Waals surface area contributed by atoms with Crippen LogP contribution in [-0.2, 0) is 9.53 Å². The number of amides is 2. The number of fused-ring (bicyclic) bond motifs is 3. The Hall–Kier alpha value is -4.20. The molecule has 1 fully saturated rings. The predicted molar refractivity (Wildman–Crippen MR) is 124 cm³/mol. The minimum Gasteiger partial charge on any atom is -0.478 e. The van der Waals surface area contributed by atoms with Gasteiger partial charge in [-0.3, -0.25) is 9.78 Å². The first-order valence-electron chi connectivity index (χ1n) is 11.1. The lowest BCUT2D eigenvalue weighted by Gasteiger charge is -2.14. The van der Waals surface area contributed by atoms with Crippen LogP contribution in [0, 0.1) is 11.8 Å². The van der Waals surface area contributed by atoms with Gasteiger partial charge in [-0.2, -0.15) is 0 Å². The highest BCUT2D eigenvalue weighted by atomic mass is 16.5. The summed E-state index contributed by atoms with van der Waals surface area (Å²) in [5.74, 6) is -1.57. The SMILES string of the molecule is O=C(NCC1CC1C(=O)Nc1cncc(C(=O)O)c1)OCC1c2ccccc2-c2ccccc21. The molecule has 8 heteroatoms. The molecule has 172 valence electrons. The van der Waals surface area contributed by atoms with Gasteiger partial charge in [-0.25, -0.2) is 9.59 Å². The van der Waals surface area contributed by atoms with Gasteiger partial charge in [-0.05, 0) is 40.7 Å². The average Bonchev–Trinajstić information content (AvgIpc) is 3.57. The van der Waals surface area contributed by atoms with Crippen molar-refractivity contribution in [3.8, 4) is 11.1 Å². The summed E-state index contributed by atoms with van der Waals surface area (Å²) in [5, 5.41) is 14.5. The summed E-state index contributed by atoms with van der Waals surface area (Å²) >= 11 is 0. The van der Waals surface area contributed by atoms with Crippen LogP contribution in [-0.4, -0.2) is 41.2 Å². The van der Waals surface area contributed by atoms with Crippen LogP contribution in [0.25, 0.3) is 11.1 Å². The zero-order valence-corrected chi connectivity index (χ0v) is 18.2. The van der Waals surface area contributed by atoms with E-state index in [2.05, 4.69) is 39.9 Å². The quantitative estimate of drug-likeness (QED) is 0.495. The van der Waals surface area contributed by atoms with Crippen LogP contribution in [0.5, 0.6) is 0 Å². The number of carbonyl (C=O) groups excluding carboxylic acids is 2. The number of carboxylic acid groups (broad SMARTS) is 1. The van der Waals surface area contributed by atoms with E-state index in [1.807, 2.05) is 24.3 Å². The number of aromatic carboxylic acids is 1. The fourth-order valence-electron chi connectivity index (χ4n) is 4.52. The number of nitrogens with one attached hydrogen (secondary N) is 2. The first kappa shape index (κ1) is 21.6. The number of rotatable bonds is 7. The molecular weight excluding hydrogens is 434 g/mol. The van der Waals surface area contributed by atoms with Crippen LogP contribution in [0.15, 0.2) is 67.0 Å². The smallest absolute Gasteiger partial charge is 0.407 e. The molecular formula is C26H23N3O5. The number of ether oxygens (including phenoxy) is 1. The van der Waals surface area contributed by atoms with Gasteiger partial charge in [0.1, 0.15) is 6.61 Å². The van der Waals surface area contributed by atoms with Crippen LogP contribution >= 0.6 is 0 Å². The van der Waals surface area contributed by atoms with Crippen molar-refractivity contribution < 1.29 is 24.2 Å². The Balaban J connectivity index is 1.10. The monoisotopic (exact) mass is 457 g/mol. The number of carboxylic acids is 1. The molecule has 0 bridgehead atoms. The molecule has 8 nitrogen and oxygen atoms in total. The number of hydrogen-bond donors (Lipinski definition) is 3. The van der Waals surface area contributed by atoms with E-state index in [1.54, 1.807) is 0 Å². The van der Waals surface area contributed by atoms with Crippen LogP contribution in [0.1, 0.15) is 33.8 Å². The van der Waals surface area contributed by atoms with Gasteiger partial charge in [-0.1, -0.05) is 48.5 Å². The second-order valence-electron chi connectivity index (χ2n) is 8.57. The summed E-state index contributed by atoms with van der Waals surface area (Å²) in [5.41, 5.74) is 4.97. The molecule has 0 spiro atoms. The molecule has 3 aromatic rings. The van der Waals surface area contributed by atoms with Gasteiger partial charge in [0.05, 0.1) is 17.4 Å². The van der Waals surface area contributed by atoms with Crippen molar-refractivity contribution in [1.29, 1.82) is 0 Å². The lowest BCUT2D eigenvalue weighted by Crippen LogP contribution is -2.29. The molecule has 1 heterocycles. The molecule has 1 aromatic heterocycles. The Morgan fingerprint density at radius 2 is 1.68 bits per heavy atom. The molecule has 2 atom stereocenters. The van der Waals surface area contributed by atoms with E-state index in [9.17, 15) is 14.4 Å². The van der Waals surface area contributed by atoms with Crippen molar-refractivity contribution in [1.82, 2.24) is 10.3 Å². The van der Waals surface area contributed by atoms with Crippen molar-refractivity contribution in [3.63, 3.8) is 0 Å². The van der Waals surface area contributed by atoms with E-state index < -0.39 is 12.1 Å². The molecule has 0 aliphatic heterocycles.